The van der Waals surface area contributed by atoms with Crippen molar-refractivity contribution in [2.45, 2.75) is 32.4 Å². The van der Waals surface area contributed by atoms with Gasteiger partial charge in [-0.3, -0.25) is 9.78 Å². The van der Waals surface area contributed by atoms with E-state index in [0.29, 0.717) is 18.2 Å². The summed E-state index contributed by atoms with van der Waals surface area (Å²) in [5.41, 5.74) is 9.18. The van der Waals surface area contributed by atoms with E-state index in [2.05, 4.69) is 4.98 Å². The van der Waals surface area contributed by atoms with Gasteiger partial charge < -0.3 is 10.6 Å². The summed E-state index contributed by atoms with van der Waals surface area (Å²) in [4.78, 5) is 18.8. The maximum absolute atomic E-state index is 12.7. The minimum absolute atomic E-state index is 0.0485. The van der Waals surface area contributed by atoms with Crippen LogP contribution in [-0.2, 0) is 6.54 Å². The highest BCUT2D eigenvalue weighted by Gasteiger charge is 2.33. The molecule has 3 rings (SSSR count). The molecule has 1 aliphatic rings. The smallest absolute Gasteiger partial charge is 0.255 e. The van der Waals surface area contributed by atoms with Crippen molar-refractivity contribution in [3.63, 3.8) is 0 Å². The van der Waals surface area contributed by atoms with Crippen LogP contribution < -0.4 is 5.73 Å². The van der Waals surface area contributed by atoms with Crippen molar-refractivity contribution in [3.05, 3.63) is 59.4 Å². The first-order valence-electron chi connectivity index (χ1n) is 7.21. The van der Waals surface area contributed by atoms with Crippen LogP contribution in [0.5, 0.6) is 0 Å². The molecule has 1 aromatic carbocycles. The van der Waals surface area contributed by atoms with Crippen LogP contribution in [0.2, 0.25) is 0 Å². The van der Waals surface area contributed by atoms with Crippen LogP contribution in [0.1, 0.15) is 34.5 Å². The Labute approximate surface area is 124 Å². The number of nitrogen functional groups attached to an aromatic ring is 1. The summed E-state index contributed by atoms with van der Waals surface area (Å²) in [5.74, 6) is 0.0485. The topological polar surface area (TPSA) is 59.2 Å². The van der Waals surface area contributed by atoms with Gasteiger partial charge in [0, 0.05) is 30.2 Å². The molecule has 1 fully saturated rings. The third-order valence-corrected chi connectivity index (χ3v) is 3.71. The molecule has 1 aliphatic carbocycles. The molecule has 4 heteroatoms. The standard InChI is InChI=1S/C17H19N3O/c1-12-5-6-14(10-19-12)17(21)20(16-7-8-16)11-13-3-2-4-15(18)9-13/h2-6,9-10,16H,7-8,11,18H2,1H3. The van der Waals surface area contributed by atoms with Crippen molar-refractivity contribution < 1.29 is 4.79 Å². The lowest BCUT2D eigenvalue weighted by molar-refractivity contribution is 0.0729. The molecule has 0 aliphatic heterocycles. The van der Waals surface area contributed by atoms with Gasteiger partial charge in [-0.05, 0) is 49.6 Å². The van der Waals surface area contributed by atoms with Crippen molar-refractivity contribution in [2.75, 3.05) is 5.73 Å². The quantitative estimate of drug-likeness (QED) is 0.877. The van der Waals surface area contributed by atoms with Crippen molar-refractivity contribution in [1.29, 1.82) is 0 Å². The van der Waals surface area contributed by atoms with Crippen molar-refractivity contribution in [3.8, 4) is 0 Å². The van der Waals surface area contributed by atoms with E-state index in [4.69, 9.17) is 5.73 Å². The molecule has 21 heavy (non-hydrogen) atoms. The van der Waals surface area contributed by atoms with Crippen LogP contribution in [0.15, 0.2) is 42.6 Å². The van der Waals surface area contributed by atoms with E-state index in [1.54, 1.807) is 6.20 Å². The van der Waals surface area contributed by atoms with Gasteiger partial charge in [-0.1, -0.05) is 12.1 Å². The number of nitrogens with two attached hydrogens (primary N) is 1. The number of rotatable bonds is 4. The number of benzene rings is 1. The second-order valence-corrected chi connectivity index (χ2v) is 5.60. The van der Waals surface area contributed by atoms with E-state index < -0.39 is 0 Å². The monoisotopic (exact) mass is 281 g/mol. The van der Waals surface area contributed by atoms with E-state index in [-0.39, 0.29) is 5.91 Å². The van der Waals surface area contributed by atoms with Crippen LogP contribution in [0.25, 0.3) is 0 Å². The van der Waals surface area contributed by atoms with Gasteiger partial charge in [-0.15, -0.1) is 0 Å². The minimum Gasteiger partial charge on any atom is -0.399 e. The van der Waals surface area contributed by atoms with Gasteiger partial charge in [0.2, 0.25) is 0 Å². The number of amides is 1. The lowest BCUT2D eigenvalue weighted by Crippen LogP contribution is -2.32. The Hall–Kier alpha value is -2.36. The minimum atomic E-state index is 0.0485. The summed E-state index contributed by atoms with van der Waals surface area (Å²) in [6.45, 7) is 2.52. The normalized spacial score (nSPS) is 14.0. The maximum Gasteiger partial charge on any atom is 0.255 e. The van der Waals surface area contributed by atoms with E-state index >= 15 is 0 Å². The number of aromatic nitrogens is 1. The molecule has 1 amide bonds. The highest BCUT2D eigenvalue weighted by Crippen LogP contribution is 2.30. The molecular weight excluding hydrogens is 262 g/mol. The fraction of sp³-hybridized carbons (Fsp3) is 0.294. The Bertz CT molecular complexity index is 647. The molecule has 0 bridgehead atoms. The number of hydrogen-bond donors (Lipinski definition) is 1. The number of aryl methyl sites for hydroxylation is 1. The summed E-state index contributed by atoms with van der Waals surface area (Å²) in [6, 6.07) is 11.8. The van der Waals surface area contributed by atoms with Gasteiger partial charge in [-0.2, -0.15) is 0 Å². The van der Waals surface area contributed by atoms with Crippen molar-refractivity contribution in [1.82, 2.24) is 9.88 Å². The van der Waals surface area contributed by atoms with E-state index in [0.717, 1.165) is 29.8 Å². The summed E-state index contributed by atoms with van der Waals surface area (Å²) < 4.78 is 0. The van der Waals surface area contributed by atoms with Gasteiger partial charge in [-0.25, -0.2) is 0 Å². The second-order valence-electron chi connectivity index (χ2n) is 5.60. The molecule has 1 heterocycles. The van der Waals surface area contributed by atoms with Gasteiger partial charge in [0.15, 0.2) is 0 Å². The molecule has 4 nitrogen and oxygen atoms in total. The Kier molecular flexibility index (Phi) is 3.60. The number of carbonyl (C=O) groups is 1. The Balaban J connectivity index is 1.81. The molecule has 2 N–H and O–H groups in total. The third-order valence-electron chi connectivity index (χ3n) is 3.71. The first-order chi connectivity index (χ1) is 10.1. The number of hydrogen-bond acceptors (Lipinski definition) is 3. The Morgan fingerprint density at radius 3 is 2.76 bits per heavy atom. The van der Waals surface area contributed by atoms with Crippen molar-refractivity contribution in [2.24, 2.45) is 0 Å². The SMILES string of the molecule is Cc1ccc(C(=O)N(Cc2cccc(N)c2)C2CC2)cn1. The van der Waals surface area contributed by atoms with Gasteiger partial charge in [0.1, 0.15) is 0 Å². The van der Waals surface area contributed by atoms with Gasteiger partial charge in [0.05, 0.1) is 5.56 Å². The number of pyridine rings is 1. The average Bonchev–Trinajstić information content (AvgIpc) is 3.29. The first kappa shape index (κ1) is 13.6. The van der Waals surface area contributed by atoms with Crippen molar-refractivity contribution >= 4 is 11.6 Å². The largest absolute Gasteiger partial charge is 0.399 e. The average molecular weight is 281 g/mol. The van der Waals surface area contributed by atoms with Crippen LogP contribution in [0, 0.1) is 6.92 Å². The zero-order valence-electron chi connectivity index (χ0n) is 12.1. The highest BCUT2D eigenvalue weighted by atomic mass is 16.2. The molecular formula is C17H19N3O. The zero-order chi connectivity index (χ0) is 14.8. The maximum atomic E-state index is 12.7. The van der Waals surface area contributed by atoms with E-state index in [1.165, 1.54) is 0 Å². The molecule has 0 spiro atoms. The fourth-order valence-corrected chi connectivity index (χ4v) is 2.40. The molecule has 0 unspecified atom stereocenters. The molecule has 2 aromatic rings. The zero-order valence-corrected chi connectivity index (χ0v) is 12.1. The highest BCUT2D eigenvalue weighted by molar-refractivity contribution is 5.94. The number of carbonyl (C=O) groups excluding carboxylic acids is 1. The van der Waals surface area contributed by atoms with Crippen LogP contribution >= 0.6 is 0 Å². The third kappa shape index (κ3) is 3.21. The lowest BCUT2D eigenvalue weighted by Gasteiger charge is -2.22. The summed E-state index contributed by atoms with van der Waals surface area (Å²) in [5, 5.41) is 0. The van der Waals surface area contributed by atoms with Crippen LogP contribution in [0.3, 0.4) is 0 Å². The molecule has 1 aromatic heterocycles. The predicted octanol–water partition coefficient (Wildman–Crippen LogP) is 2.78. The molecule has 0 radical (unpaired) electrons. The first-order valence-corrected chi connectivity index (χ1v) is 7.21. The van der Waals surface area contributed by atoms with E-state index in [1.807, 2.05) is 48.2 Å². The fourth-order valence-electron chi connectivity index (χ4n) is 2.40. The number of anilines is 1. The van der Waals surface area contributed by atoms with Crippen LogP contribution in [-0.4, -0.2) is 21.8 Å². The number of nitrogens with zero attached hydrogens (tertiary/aromatic N) is 2. The van der Waals surface area contributed by atoms with Gasteiger partial charge in [0.25, 0.3) is 5.91 Å². The molecule has 0 saturated heterocycles. The summed E-state index contributed by atoms with van der Waals surface area (Å²) in [6.07, 6.45) is 3.81. The molecule has 0 atom stereocenters. The Morgan fingerprint density at radius 1 is 1.33 bits per heavy atom. The second kappa shape index (κ2) is 5.56. The summed E-state index contributed by atoms with van der Waals surface area (Å²) in [7, 11) is 0. The van der Waals surface area contributed by atoms with E-state index in [9.17, 15) is 4.79 Å². The molecule has 108 valence electrons. The van der Waals surface area contributed by atoms with Crippen LogP contribution in [0.4, 0.5) is 5.69 Å². The lowest BCUT2D eigenvalue weighted by atomic mass is 10.1. The predicted molar refractivity (Wildman–Crippen MR) is 82.7 cm³/mol. The Morgan fingerprint density at radius 2 is 2.14 bits per heavy atom. The van der Waals surface area contributed by atoms with Gasteiger partial charge >= 0.3 is 0 Å². The molecule has 1 saturated carbocycles. The summed E-state index contributed by atoms with van der Waals surface area (Å²) >= 11 is 0.